The molecule has 1 amide bonds. The molecule has 2 N–H and O–H groups in total. The number of likely N-dealkylation sites (tertiary alicyclic amines) is 1. The first-order valence-corrected chi connectivity index (χ1v) is 7.25. The summed E-state index contributed by atoms with van der Waals surface area (Å²) >= 11 is 0. The summed E-state index contributed by atoms with van der Waals surface area (Å²) in [5.41, 5.74) is 6.84. The van der Waals surface area contributed by atoms with E-state index < -0.39 is 0 Å². The van der Waals surface area contributed by atoms with Gasteiger partial charge in [0.15, 0.2) is 0 Å². The summed E-state index contributed by atoms with van der Waals surface area (Å²) in [4.78, 5) is 14.2. The van der Waals surface area contributed by atoms with Gasteiger partial charge in [-0.3, -0.25) is 4.79 Å². The van der Waals surface area contributed by atoms with Gasteiger partial charge in [0.2, 0.25) is 5.91 Å². The highest BCUT2D eigenvalue weighted by Crippen LogP contribution is 2.24. The van der Waals surface area contributed by atoms with Gasteiger partial charge in [0.25, 0.3) is 0 Å². The van der Waals surface area contributed by atoms with E-state index in [1.807, 2.05) is 29.2 Å². The van der Waals surface area contributed by atoms with Gasteiger partial charge < -0.3 is 15.4 Å². The number of methoxy groups -OCH3 is 1. The lowest BCUT2D eigenvalue weighted by atomic mass is 9.97. The summed E-state index contributed by atoms with van der Waals surface area (Å²) < 4.78 is 5.15. The second-order valence-electron chi connectivity index (χ2n) is 5.61. The van der Waals surface area contributed by atoms with Crippen LogP contribution >= 0.6 is 12.4 Å². The largest absolute Gasteiger partial charge is 0.497 e. The van der Waals surface area contributed by atoms with Gasteiger partial charge in [-0.1, -0.05) is 19.1 Å². The van der Waals surface area contributed by atoms with Gasteiger partial charge in [-0.15, -0.1) is 12.4 Å². The van der Waals surface area contributed by atoms with Crippen molar-refractivity contribution < 1.29 is 9.53 Å². The summed E-state index contributed by atoms with van der Waals surface area (Å²) in [6.07, 6.45) is 1.60. The van der Waals surface area contributed by atoms with Gasteiger partial charge >= 0.3 is 0 Å². The summed E-state index contributed by atoms with van der Waals surface area (Å²) in [6, 6.07) is 7.94. The van der Waals surface area contributed by atoms with E-state index in [9.17, 15) is 4.79 Å². The van der Waals surface area contributed by atoms with Crippen LogP contribution in [0.5, 0.6) is 5.75 Å². The average molecular weight is 313 g/mol. The first-order valence-electron chi connectivity index (χ1n) is 7.25. The zero-order valence-corrected chi connectivity index (χ0v) is 13.6. The average Bonchev–Trinajstić information content (AvgIpc) is 2.96. The van der Waals surface area contributed by atoms with E-state index in [2.05, 4.69) is 6.92 Å². The van der Waals surface area contributed by atoms with Crippen LogP contribution in [0.1, 0.15) is 31.2 Å². The van der Waals surface area contributed by atoms with Gasteiger partial charge in [-0.25, -0.2) is 0 Å². The zero-order valence-electron chi connectivity index (χ0n) is 12.7. The molecule has 2 atom stereocenters. The molecule has 1 aromatic rings. The zero-order chi connectivity index (χ0) is 14.5. The van der Waals surface area contributed by atoms with Crippen molar-refractivity contribution in [3.8, 4) is 5.75 Å². The van der Waals surface area contributed by atoms with Crippen LogP contribution in [-0.4, -0.2) is 37.6 Å². The second kappa shape index (κ2) is 8.25. The number of amides is 1. The van der Waals surface area contributed by atoms with Crippen molar-refractivity contribution in [3.05, 3.63) is 29.8 Å². The van der Waals surface area contributed by atoms with Gasteiger partial charge in [-0.2, -0.15) is 0 Å². The molecule has 1 aliphatic rings. The molecule has 1 saturated heterocycles. The number of benzene rings is 1. The Labute approximate surface area is 133 Å². The van der Waals surface area contributed by atoms with Gasteiger partial charge in [0, 0.05) is 19.5 Å². The normalized spacial score (nSPS) is 19.0. The maximum absolute atomic E-state index is 12.3. The van der Waals surface area contributed by atoms with Gasteiger partial charge in [0.05, 0.1) is 7.11 Å². The fourth-order valence-electron chi connectivity index (χ4n) is 2.69. The number of hydrogen-bond donors (Lipinski definition) is 1. The van der Waals surface area contributed by atoms with E-state index in [0.717, 1.165) is 25.3 Å². The Morgan fingerprint density at radius 3 is 2.62 bits per heavy atom. The van der Waals surface area contributed by atoms with Crippen LogP contribution < -0.4 is 10.5 Å². The van der Waals surface area contributed by atoms with Crippen molar-refractivity contribution in [2.24, 2.45) is 11.7 Å². The molecule has 1 heterocycles. The van der Waals surface area contributed by atoms with Gasteiger partial charge in [0.1, 0.15) is 5.75 Å². The lowest BCUT2D eigenvalue weighted by molar-refractivity contribution is -0.130. The van der Waals surface area contributed by atoms with Crippen molar-refractivity contribution in [2.75, 3.05) is 26.7 Å². The van der Waals surface area contributed by atoms with E-state index in [1.54, 1.807) is 7.11 Å². The minimum absolute atomic E-state index is 0. The Bertz CT molecular complexity index is 450. The standard InChI is InChI=1S/C16H24N2O2.ClH/c1-12(14-3-5-15(20-2)6-4-14)9-16(19)18-8-7-13(10-17)11-18;/h3-6,12-13H,7-11,17H2,1-2H3;1H. The molecule has 0 spiro atoms. The smallest absolute Gasteiger partial charge is 0.223 e. The summed E-state index contributed by atoms with van der Waals surface area (Å²) in [7, 11) is 1.66. The predicted octanol–water partition coefficient (Wildman–Crippen LogP) is 2.42. The molecule has 21 heavy (non-hydrogen) atoms. The Morgan fingerprint density at radius 1 is 1.43 bits per heavy atom. The summed E-state index contributed by atoms with van der Waals surface area (Å²) in [5.74, 6) is 1.79. The molecule has 1 aliphatic heterocycles. The number of carbonyl (C=O) groups excluding carboxylic acids is 1. The molecular formula is C16H25ClN2O2. The number of rotatable bonds is 5. The van der Waals surface area contributed by atoms with Crippen LogP contribution in [0.4, 0.5) is 0 Å². The molecular weight excluding hydrogens is 288 g/mol. The molecule has 5 heteroatoms. The number of carbonyl (C=O) groups is 1. The van der Waals surface area contributed by atoms with Crippen LogP contribution in [0, 0.1) is 5.92 Å². The molecule has 2 rings (SSSR count). The van der Waals surface area contributed by atoms with Crippen molar-refractivity contribution >= 4 is 18.3 Å². The molecule has 0 saturated carbocycles. The molecule has 118 valence electrons. The minimum atomic E-state index is 0. The second-order valence-corrected chi connectivity index (χ2v) is 5.61. The molecule has 1 fully saturated rings. The SMILES string of the molecule is COc1ccc(C(C)CC(=O)N2CCC(CN)C2)cc1.Cl. The highest BCUT2D eigenvalue weighted by molar-refractivity contribution is 5.85. The van der Waals surface area contributed by atoms with E-state index in [0.29, 0.717) is 18.9 Å². The van der Waals surface area contributed by atoms with E-state index in [1.165, 1.54) is 5.56 Å². The lowest BCUT2D eigenvalue weighted by Gasteiger charge is -2.19. The maximum atomic E-state index is 12.3. The fraction of sp³-hybridized carbons (Fsp3) is 0.562. The fourth-order valence-corrected chi connectivity index (χ4v) is 2.69. The van der Waals surface area contributed by atoms with E-state index >= 15 is 0 Å². The van der Waals surface area contributed by atoms with Crippen LogP contribution in [-0.2, 0) is 4.79 Å². The number of hydrogen-bond acceptors (Lipinski definition) is 3. The Hall–Kier alpha value is -1.26. The van der Waals surface area contributed by atoms with Crippen LogP contribution in [0.3, 0.4) is 0 Å². The van der Waals surface area contributed by atoms with Crippen LogP contribution in [0.15, 0.2) is 24.3 Å². The van der Waals surface area contributed by atoms with Crippen LogP contribution in [0.2, 0.25) is 0 Å². The molecule has 2 unspecified atom stereocenters. The van der Waals surface area contributed by atoms with E-state index in [-0.39, 0.29) is 24.2 Å². The van der Waals surface area contributed by atoms with Crippen molar-refractivity contribution in [3.63, 3.8) is 0 Å². The van der Waals surface area contributed by atoms with Crippen LogP contribution in [0.25, 0.3) is 0 Å². The Balaban J connectivity index is 0.00000220. The Kier molecular flexibility index (Phi) is 6.99. The third-order valence-corrected chi connectivity index (χ3v) is 4.14. The molecule has 0 radical (unpaired) electrons. The molecule has 0 bridgehead atoms. The summed E-state index contributed by atoms with van der Waals surface area (Å²) in [5, 5.41) is 0. The predicted molar refractivity (Wildman–Crippen MR) is 87.0 cm³/mol. The van der Waals surface area contributed by atoms with Crippen molar-refractivity contribution in [1.29, 1.82) is 0 Å². The maximum Gasteiger partial charge on any atom is 0.223 e. The third kappa shape index (κ3) is 4.61. The molecule has 0 aliphatic carbocycles. The number of ether oxygens (including phenoxy) is 1. The van der Waals surface area contributed by atoms with Crippen molar-refractivity contribution in [2.45, 2.75) is 25.7 Å². The highest BCUT2D eigenvalue weighted by Gasteiger charge is 2.26. The van der Waals surface area contributed by atoms with E-state index in [4.69, 9.17) is 10.5 Å². The van der Waals surface area contributed by atoms with Gasteiger partial charge in [-0.05, 0) is 42.5 Å². The molecule has 0 aromatic heterocycles. The van der Waals surface area contributed by atoms with Crippen molar-refractivity contribution in [1.82, 2.24) is 4.90 Å². The lowest BCUT2D eigenvalue weighted by Crippen LogP contribution is -2.30. The Morgan fingerprint density at radius 2 is 2.10 bits per heavy atom. The quantitative estimate of drug-likeness (QED) is 0.908. The number of nitrogens with two attached hydrogens (primary N) is 1. The minimum Gasteiger partial charge on any atom is -0.497 e. The molecule has 4 nitrogen and oxygen atoms in total. The molecule has 1 aromatic carbocycles. The topological polar surface area (TPSA) is 55.6 Å². The monoisotopic (exact) mass is 312 g/mol. The first-order chi connectivity index (χ1) is 9.63. The summed E-state index contributed by atoms with van der Waals surface area (Å²) in [6.45, 7) is 4.45. The highest BCUT2D eigenvalue weighted by atomic mass is 35.5. The number of halogens is 1. The number of nitrogens with zero attached hydrogens (tertiary/aromatic N) is 1. The third-order valence-electron chi connectivity index (χ3n) is 4.14. The first kappa shape index (κ1) is 17.8.